The number of amides is 6. The molecule has 0 saturated carbocycles. The molecule has 6 amide bonds. The Labute approximate surface area is 405 Å². The zero-order chi connectivity index (χ0) is 51.1. The number of H-pyrrole nitrogens is 1. The van der Waals surface area contributed by atoms with Gasteiger partial charge in [0.05, 0.1) is 12.4 Å². The van der Waals surface area contributed by atoms with Crippen LogP contribution >= 0.6 is 0 Å². The van der Waals surface area contributed by atoms with Crippen molar-refractivity contribution < 1.29 is 48.6 Å². The van der Waals surface area contributed by atoms with Crippen molar-refractivity contribution in [2.24, 2.45) is 17.6 Å². The predicted molar refractivity (Wildman–Crippen MR) is 262 cm³/mol. The van der Waals surface area contributed by atoms with Crippen molar-refractivity contribution in [2.45, 2.75) is 115 Å². The standard InChI is InChI=1S/C51H63N9O10/c1-28(2)20-40(49(67)60-44(29(3)4)50(68)55-30(5)51(69)70)57-47(65)42(24-32-15-17-34-11-7-9-13-36(34)22-32)59-48(66)41(23-31-14-16-33-10-6-8-12-35(33)21-31)58-46(64)39(18-19-43(61)62)56-45(63)38(52)25-37-26-53-27-54-37/h6-17,21-22,26-30,38-42,44H,18-20,23-25,52H2,1-5H3,(H,53,54)(H,55,68)(H,56,63)(H,57,65)(H,58,64)(H,59,66)(H,60,67)(H,61,62)(H,69,70)/t30-,38-,39-,40-,41-,42-,44-/m0/s1. The van der Waals surface area contributed by atoms with Gasteiger partial charge in [-0.25, -0.2) is 4.98 Å². The summed E-state index contributed by atoms with van der Waals surface area (Å²) in [6.45, 7) is 8.31. The highest BCUT2D eigenvalue weighted by molar-refractivity contribution is 5.98. The Kier molecular flexibility index (Phi) is 19.1. The highest BCUT2D eigenvalue weighted by Crippen LogP contribution is 2.20. The molecule has 5 rings (SSSR count). The van der Waals surface area contributed by atoms with Crippen LogP contribution in [0.25, 0.3) is 21.5 Å². The topological polar surface area (TPSA) is 304 Å². The van der Waals surface area contributed by atoms with E-state index in [-0.39, 0.29) is 38.0 Å². The number of fused-ring (bicyclic) bond motifs is 2. The number of aliphatic carboxylic acids is 2. The van der Waals surface area contributed by atoms with E-state index in [9.17, 15) is 48.6 Å². The molecule has 70 heavy (non-hydrogen) atoms. The second-order valence-electron chi connectivity index (χ2n) is 18.3. The first-order valence-electron chi connectivity index (χ1n) is 23.2. The molecule has 4 aromatic carbocycles. The first-order chi connectivity index (χ1) is 33.3. The van der Waals surface area contributed by atoms with E-state index < -0.39 is 102 Å². The largest absolute Gasteiger partial charge is 0.481 e. The van der Waals surface area contributed by atoms with E-state index in [1.807, 2.05) is 86.6 Å². The van der Waals surface area contributed by atoms with Crippen molar-refractivity contribution in [3.8, 4) is 0 Å². The van der Waals surface area contributed by atoms with Crippen molar-refractivity contribution in [1.29, 1.82) is 0 Å². The fraction of sp³-hybridized carbons (Fsp3) is 0.392. The first-order valence-corrected chi connectivity index (χ1v) is 23.2. The minimum absolute atomic E-state index is 0.0339. The Morgan fingerprint density at radius 1 is 0.571 bits per heavy atom. The maximum Gasteiger partial charge on any atom is 0.325 e. The highest BCUT2D eigenvalue weighted by Gasteiger charge is 2.35. The summed E-state index contributed by atoms with van der Waals surface area (Å²) >= 11 is 0. The molecule has 0 bridgehead atoms. The van der Waals surface area contributed by atoms with Gasteiger partial charge in [-0.2, -0.15) is 0 Å². The summed E-state index contributed by atoms with van der Waals surface area (Å²) in [6.07, 6.45) is 2.00. The van der Waals surface area contributed by atoms with Crippen molar-refractivity contribution in [2.75, 3.05) is 0 Å². The molecule has 372 valence electrons. The summed E-state index contributed by atoms with van der Waals surface area (Å²) < 4.78 is 0. The highest BCUT2D eigenvalue weighted by atomic mass is 16.4. The molecule has 5 aromatic rings. The van der Waals surface area contributed by atoms with Gasteiger partial charge in [0.25, 0.3) is 0 Å². The van der Waals surface area contributed by atoms with Crippen LogP contribution in [0.3, 0.4) is 0 Å². The van der Waals surface area contributed by atoms with Crippen LogP contribution in [0, 0.1) is 11.8 Å². The van der Waals surface area contributed by atoms with Crippen LogP contribution < -0.4 is 37.6 Å². The van der Waals surface area contributed by atoms with Crippen molar-refractivity contribution in [1.82, 2.24) is 41.9 Å². The van der Waals surface area contributed by atoms with Gasteiger partial charge in [0, 0.05) is 37.6 Å². The molecule has 19 heteroatoms. The zero-order valence-corrected chi connectivity index (χ0v) is 39.9. The molecule has 0 aliphatic heterocycles. The molecule has 1 heterocycles. The van der Waals surface area contributed by atoms with Crippen LogP contribution in [-0.2, 0) is 57.6 Å². The number of hydrogen-bond donors (Lipinski definition) is 10. The van der Waals surface area contributed by atoms with Gasteiger partial charge in [0.2, 0.25) is 35.4 Å². The lowest BCUT2D eigenvalue weighted by Crippen LogP contribution is -2.61. The van der Waals surface area contributed by atoms with Gasteiger partial charge < -0.3 is 52.8 Å². The Bertz CT molecular complexity index is 2650. The molecule has 0 fully saturated rings. The number of carboxylic acids is 2. The second kappa shape index (κ2) is 25.1. The predicted octanol–water partition coefficient (Wildman–Crippen LogP) is 2.65. The zero-order valence-electron chi connectivity index (χ0n) is 39.9. The number of rotatable bonds is 25. The number of nitrogens with zero attached hydrogens (tertiary/aromatic N) is 1. The summed E-state index contributed by atoms with van der Waals surface area (Å²) in [5.74, 6) is -7.78. The molecule has 0 aliphatic carbocycles. The maximum absolute atomic E-state index is 14.8. The van der Waals surface area contributed by atoms with Crippen LogP contribution in [0.4, 0.5) is 0 Å². The van der Waals surface area contributed by atoms with E-state index in [4.69, 9.17) is 5.73 Å². The number of benzene rings is 4. The number of carbonyl (C=O) groups is 8. The molecule has 19 nitrogen and oxygen atoms in total. The van der Waals surface area contributed by atoms with Crippen molar-refractivity contribution in [3.05, 3.63) is 114 Å². The monoisotopic (exact) mass is 961 g/mol. The minimum atomic E-state index is -1.44. The second-order valence-corrected chi connectivity index (χ2v) is 18.3. The first kappa shape index (κ1) is 53.3. The van der Waals surface area contributed by atoms with E-state index in [2.05, 4.69) is 41.9 Å². The molecular weight excluding hydrogens is 899 g/mol. The number of nitrogens with two attached hydrogens (primary N) is 1. The van der Waals surface area contributed by atoms with Gasteiger partial charge in [0.1, 0.15) is 36.3 Å². The van der Waals surface area contributed by atoms with E-state index in [1.165, 1.54) is 19.4 Å². The van der Waals surface area contributed by atoms with Gasteiger partial charge in [-0.15, -0.1) is 0 Å². The van der Waals surface area contributed by atoms with Crippen LogP contribution in [0.15, 0.2) is 97.5 Å². The number of aromatic nitrogens is 2. The average Bonchev–Trinajstić information content (AvgIpc) is 3.83. The maximum atomic E-state index is 14.8. The lowest BCUT2D eigenvalue weighted by Gasteiger charge is -2.29. The quantitative estimate of drug-likeness (QED) is 0.0404. The van der Waals surface area contributed by atoms with Crippen molar-refractivity contribution in [3.63, 3.8) is 0 Å². The van der Waals surface area contributed by atoms with Crippen LogP contribution in [-0.4, -0.2) is 110 Å². The SMILES string of the molecule is CC(C)C[C@H](NC(=O)[C@H](Cc1ccc2ccccc2c1)NC(=O)[C@H](Cc1ccc2ccccc2c1)NC(=O)[C@H](CCC(=O)O)NC(=O)[C@@H](N)Cc1cnc[nH]1)C(=O)N[C@H](C(=O)N[C@@H](C)C(=O)O)C(C)C. The van der Waals surface area contributed by atoms with E-state index in [0.717, 1.165) is 21.5 Å². The van der Waals surface area contributed by atoms with E-state index in [0.29, 0.717) is 16.8 Å². The van der Waals surface area contributed by atoms with Gasteiger partial charge in [-0.3, -0.25) is 38.4 Å². The number of hydrogen-bond acceptors (Lipinski definition) is 10. The Morgan fingerprint density at radius 2 is 1.06 bits per heavy atom. The van der Waals surface area contributed by atoms with Crippen LogP contribution in [0.1, 0.15) is 70.7 Å². The number of carbonyl (C=O) groups excluding carboxylic acids is 6. The third-order valence-corrected chi connectivity index (χ3v) is 11.7. The summed E-state index contributed by atoms with van der Waals surface area (Å²) in [5, 5.41) is 38.5. The lowest BCUT2D eigenvalue weighted by atomic mass is 9.97. The van der Waals surface area contributed by atoms with Gasteiger partial charge in [-0.1, -0.05) is 113 Å². The summed E-state index contributed by atoms with van der Waals surface area (Å²) in [5.41, 5.74) is 7.99. The molecule has 0 spiro atoms. The smallest absolute Gasteiger partial charge is 0.325 e. The van der Waals surface area contributed by atoms with E-state index >= 15 is 0 Å². The molecular formula is C51H63N9O10. The van der Waals surface area contributed by atoms with Crippen LogP contribution in [0.5, 0.6) is 0 Å². The summed E-state index contributed by atoms with van der Waals surface area (Å²) in [7, 11) is 0. The fourth-order valence-electron chi connectivity index (χ4n) is 7.84. The molecule has 7 atom stereocenters. The summed E-state index contributed by atoms with van der Waals surface area (Å²) in [4.78, 5) is 114. The average molecular weight is 962 g/mol. The molecule has 1 aromatic heterocycles. The number of aromatic amines is 1. The molecule has 0 aliphatic rings. The summed E-state index contributed by atoms with van der Waals surface area (Å²) in [6, 6.07) is 17.1. The van der Waals surface area contributed by atoms with Crippen LogP contribution in [0.2, 0.25) is 0 Å². The third kappa shape index (κ3) is 15.7. The normalized spacial score (nSPS) is 14.3. The third-order valence-electron chi connectivity index (χ3n) is 11.7. The molecule has 0 saturated heterocycles. The van der Waals surface area contributed by atoms with Gasteiger partial charge in [-0.05, 0) is 64.3 Å². The lowest BCUT2D eigenvalue weighted by molar-refractivity contribution is -0.142. The number of nitrogens with one attached hydrogen (secondary N) is 7. The number of imidazole rings is 1. The molecule has 0 unspecified atom stereocenters. The van der Waals surface area contributed by atoms with E-state index in [1.54, 1.807) is 26.0 Å². The fourth-order valence-corrected chi connectivity index (χ4v) is 7.84. The molecule has 11 N–H and O–H groups in total. The Balaban J connectivity index is 1.48. The molecule has 0 radical (unpaired) electrons. The van der Waals surface area contributed by atoms with Gasteiger partial charge >= 0.3 is 11.9 Å². The Hall–Kier alpha value is -7.67. The Morgan fingerprint density at radius 3 is 1.53 bits per heavy atom. The minimum Gasteiger partial charge on any atom is -0.481 e. The number of carboxylic acid groups (broad SMARTS) is 2. The van der Waals surface area contributed by atoms with Gasteiger partial charge in [0.15, 0.2) is 0 Å². The van der Waals surface area contributed by atoms with Crippen molar-refractivity contribution >= 4 is 68.9 Å².